The van der Waals surface area contributed by atoms with Crippen LogP contribution in [0.2, 0.25) is 0 Å². The monoisotopic (exact) mass is 258 g/mol. The van der Waals surface area contributed by atoms with E-state index in [1.165, 1.54) is 0 Å². The van der Waals surface area contributed by atoms with Crippen LogP contribution in [0.3, 0.4) is 0 Å². The van der Waals surface area contributed by atoms with E-state index in [2.05, 4.69) is 37.0 Å². The Labute approximate surface area is 112 Å². The van der Waals surface area contributed by atoms with Crippen LogP contribution >= 0.6 is 0 Å². The molecular weight excluding hydrogens is 240 g/mol. The predicted molar refractivity (Wildman–Crippen MR) is 75.2 cm³/mol. The first-order valence-corrected chi connectivity index (χ1v) is 6.52. The van der Waals surface area contributed by atoms with E-state index in [1.807, 2.05) is 19.1 Å². The Morgan fingerprint density at radius 1 is 1.32 bits per heavy atom. The second kappa shape index (κ2) is 4.97. The minimum absolute atomic E-state index is 0.741. The molecule has 2 aromatic heterocycles. The molecule has 1 N–H and O–H groups in total. The second-order valence-corrected chi connectivity index (χ2v) is 4.90. The summed E-state index contributed by atoms with van der Waals surface area (Å²) in [7, 11) is 2.14. The minimum Gasteiger partial charge on any atom is -0.336 e. The van der Waals surface area contributed by atoms with Crippen LogP contribution in [0.5, 0.6) is 0 Å². The van der Waals surface area contributed by atoms with Crippen LogP contribution in [0.25, 0.3) is 11.2 Å². The quantitative estimate of drug-likeness (QED) is 0.814. The molecule has 1 aliphatic rings. The number of nitrogens with zero attached hydrogens (tertiary/aromatic N) is 5. The summed E-state index contributed by atoms with van der Waals surface area (Å²) in [6.07, 6.45) is 1.75. The molecule has 6 heteroatoms. The van der Waals surface area contributed by atoms with Gasteiger partial charge in [0.25, 0.3) is 0 Å². The fraction of sp³-hybridized carbons (Fsp3) is 0.462. The Kier molecular flexibility index (Phi) is 3.16. The van der Waals surface area contributed by atoms with Gasteiger partial charge in [-0.15, -0.1) is 0 Å². The van der Waals surface area contributed by atoms with Crippen molar-refractivity contribution in [1.82, 2.24) is 24.9 Å². The number of nitrogens with one attached hydrogen (secondary N) is 1. The molecule has 19 heavy (non-hydrogen) atoms. The van der Waals surface area contributed by atoms with E-state index in [-0.39, 0.29) is 0 Å². The standard InChI is InChI=1S/C13H18N6/c1-10(17-19-8-6-18(2)7-9-19)12-15-11-4-3-5-14-13(11)16-12/h3-5H,6-9H2,1-2H3,(H,14,15,16). The number of aromatic amines is 1. The van der Waals surface area contributed by atoms with Gasteiger partial charge in [-0.25, -0.2) is 9.97 Å². The van der Waals surface area contributed by atoms with Gasteiger partial charge in [-0.05, 0) is 26.1 Å². The number of piperazine rings is 1. The molecule has 0 unspecified atom stereocenters. The molecule has 3 heterocycles. The Hall–Kier alpha value is -1.95. The van der Waals surface area contributed by atoms with Gasteiger partial charge in [0.05, 0.1) is 5.52 Å². The molecule has 0 saturated carbocycles. The Morgan fingerprint density at radius 3 is 2.84 bits per heavy atom. The summed E-state index contributed by atoms with van der Waals surface area (Å²) < 4.78 is 0. The molecule has 1 aliphatic heterocycles. The number of fused-ring (bicyclic) bond motifs is 1. The van der Waals surface area contributed by atoms with E-state index in [9.17, 15) is 0 Å². The molecule has 3 rings (SSSR count). The van der Waals surface area contributed by atoms with Crippen molar-refractivity contribution >= 4 is 16.9 Å². The third-order valence-electron chi connectivity index (χ3n) is 3.37. The molecule has 0 amide bonds. The molecular formula is C13H18N6. The van der Waals surface area contributed by atoms with Crippen LogP contribution in [0.4, 0.5) is 0 Å². The van der Waals surface area contributed by atoms with Crippen LogP contribution in [0.15, 0.2) is 23.4 Å². The molecule has 100 valence electrons. The summed E-state index contributed by atoms with van der Waals surface area (Å²) >= 11 is 0. The van der Waals surface area contributed by atoms with Crippen molar-refractivity contribution in [2.24, 2.45) is 5.10 Å². The fourth-order valence-electron chi connectivity index (χ4n) is 2.17. The van der Waals surface area contributed by atoms with Crippen molar-refractivity contribution in [2.45, 2.75) is 6.92 Å². The molecule has 0 aromatic carbocycles. The van der Waals surface area contributed by atoms with Crippen molar-refractivity contribution in [3.05, 3.63) is 24.2 Å². The van der Waals surface area contributed by atoms with Crippen LogP contribution < -0.4 is 0 Å². The SMILES string of the molecule is CC(=NN1CCN(C)CC1)c1nc2ncccc2[nH]1. The van der Waals surface area contributed by atoms with Crippen molar-refractivity contribution in [3.63, 3.8) is 0 Å². The summed E-state index contributed by atoms with van der Waals surface area (Å²) in [6, 6.07) is 3.87. The summed E-state index contributed by atoms with van der Waals surface area (Å²) in [5.41, 5.74) is 2.60. The number of hydrazone groups is 1. The van der Waals surface area contributed by atoms with Gasteiger partial charge in [-0.2, -0.15) is 5.10 Å². The largest absolute Gasteiger partial charge is 0.336 e. The number of hydrogen-bond donors (Lipinski definition) is 1. The molecule has 2 aromatic rings. The predicted octanol–water partition coefficient (Wildman–Crippen LogP) is 0.929. The third kappa shape index (κ3) is 2.58. The Morgan fingerprint density at radius 2 is 2.11 bits per heavy atom. The topological polar surface area (TPSA) is 60.4 Å². The van der Waals surface area contributed by atoms with Crippen LogP contribution in [0.1, 0.15) is 12.7 Å². The summed E-state index contributed by atoms with van der Waals surface area (Å²) in [6.45, 7) is 6.02. The van der Waals surface area contributed by atoms with Gasteiger partial charge in [0.1, 0.15) is 5.71 Å². The van der Waals surface area contributed by atoms with Crippen molar-refractivity contribution < 1.29 is 0 Å². The van der Waals surface area contributed by atoms with Crippen molar-refractivity contribution in [1.29, 1.82) is 0 Å². The molecule has 6 nitrogen and oxygen atoms in total. The van der Waals surface area contributed by atoms with Crippen LogP contribution in [-0.2, 0) is 0 Å². The minimum atomic E-state index is 0.741. The number of pyridine rings is 1. The highest BCUT2D eigenvalue weighted by atomic mass is 15.5. The number of rotatable bonds is 2. The highest BCUT2D eigenvalue weighted by Crippen LogP contribution is 2.09. The zero-order valence-electron chi connectivity index (χ0n) is 11.3. The number of aromatic nitrogens is 3. The normalized spacial score (nSPS) is 18.2. The second-order valence-electron chi connectivity index (χ2n) is 4.90. The van der Waals surface area contributed by atoms with E-state index in [4.69, 9.17) is 0 Å². The van der Waals surface area contributed by atoms with E-state index >= 15 is 0 Å². The first-order valence-electron chi connectivity index (χ1n) is 6.52. The van der Waals surface area contributed by atoms with Crippen LogP contribution in [0, 0.1) is 0 Å². The lowest BCUT2D eigenvalue weighted by Crippen LogP contribution is -2.42. The maximum atomic E-state index is 4.64. The highest BCUT2D eigenvalue weighted by Gasteiger charge is 2.13. The lowest BCUT2D eigenvalue weighted by molar-refractivity contribution is 0.159. The molecule has 0 bridgehead atoms. The Balaban J connectivity index is 1.80. The molecule has 0 radical (unpaired) electrons. The van der Waals surface area contributed by atoms with Crippen molar-refractivity contribution in [3.8, 4) is 0 Å². The van der Waals surface area contributed by atoms with Crippen LogP contribution in [-0.4, -0.2) is 63.8 Å². The molecule has 0 atom stereocenters. The van der Waals surface area contributed by atoms with E-state index in [0.29, 0.717) is 0 Å². The van der Waals surface area contributed by atoms with Gasteiger partial charge >= 0.3 is 0 Å². The van der Waals surface area contributed by atoms with Gasteiger partial charge < -0.3 is 9.88 Å². The van der Waals surface area contributed by atoms with Gasteiger partial charge in [0.15, 0.2) is 11.5 Å². The first kappa shape index (κ1) is 12.1. The summed E-state index contributed by atoms with van der Waals surface area (Å²) in [4.78, 5) is 14.2. The number of hydrogen-bond acceptors (Lipinski definition) is 5. The van der Waals surface area contributed by atoms with Crippen molar-refractivity contribution in [2.75, 3.05) is 33.2 Å². The third-order valence-corrected chi connectivity index (χ3v) is 3.37. The molecule has 1 fully saturated rings. The first-order chi connectivity index (χ1) is 9.22. The molecule has 1 saturated heterocycles. The van der Waals surface area contributed by atoms with E-state index < -0.39 is 0 Å². The zero-order chi connectivity index (χ0) is 13.2. The molecule has 0 aliphatic carbocycles. The van der Waals surface area contributed by atoms with Gasteiger partial charge in [0.2, 0.25) is 0 Å². The highest BCUT2D eigenvalue weighted by molar-refractivity contribution is 5.97. The lowest BCUT2D eigenvalue weighted by Gasteiger charge is -2.30. The maximum Gasteiger partial charge on any atom is 0.178 e. The maximum absolute atomic E-state index is 4.64. The smallest absolute Gasteiger partial charge is 0.178 e. The summed E-state index contributed by atoms with van der Waals surface area (Å²) in [5, 5.41) is 6.74. The number of likely N-dealkylation sites (N-methyl/N-ethyl adjacent to an activating group) is 1. The molecule has 0 spiro atoms. The average Bonchev–Trinajstić information content (AvgIpc) is 2.85. The number of H-pyrrole nitrogens is 1. The number of imidazole rings is 1. The fourth-order valence-corrected chi connectivity index (χ4v) is 2.17. The average molecular weight is 258 g/mol. The zero-order valence-corrected chi connectivity index (χ0v) is 11.3. The lowest BCUT2D eigenvalue weighted by atomic mass is 10.4. The Bertz CT molecular complexity index is 561. The van der Waals surface area contributed by atoms with E-state index in [1.54, 1.807) is 6.20 Å². The van der Waals surface area contributed by atoms with Gasteiger partial charge in [0, 0.05) is 32.4 Å². The summed E-state index contributed by atoms with van der Waals surface area (Å²) in [5.74, 6) is 0.799. The van der Waals surface area contributed by atoms with Gasteiger partial charge in [-0.3, -0.25) is 5.01 Å². The van der Waals surface area contributed by atoms with Gasteiger partial charge in [-0.1, -0.05) is 0 Å². The van der Waals surface area contributed by atoms with E-state index in [0.717, 1.165) is 48.9 Å².